The maximum absolute atomic E-state index is 4.17. The van der Waals surface area contributed by atoms with Gasteiger partial charge in [-0.05, 0) is 53.3 Å². The first kappa shape index (κ1) is 11.4. The van der Waals surface area contributed by atoms with Crippen molar-refractivity contribution in [2.75, 3.05) is 0 Å². The molecule has 4 heteroatoms. The van der Waals surface area contributed by atoms with Crippen LogP contribution in [0.5, 0.6) is 0 Å². The molecule has 1 aliphatic rings. The van der Waals surface area contributed by atoms with Crippen LogP contribution < -0.4 is 0 Å². The van der Waals surface area contributed by atoms with Gasteiger partial charge >= 0.3 is 0 Å². The smallest absolute Gasteiger partial charge is 0.159 e. The fraction of sp³-hybridized carbons (Fsp3) is 0.500. The van der Waals surface area contributed by atoms with E-state index in [1.807, 2.05) is 4.68 Å². The molecule has 4 nitrogen and oxygen atoms in total. The van der Waals surface area contributed by atoms with E-state index < -0.39 is 0 Å². The zero-order chi connectivity index (χ0) is 12.7. The minimum Gasteiger partial charge on any atom is -0.197 e. The molecule has 1 heterocycles. The van der Waals surface area contributed by atoms with E-state index in [1.54, 1.807) is 0 Å². The summed E-state index contributed by atoms with van der Waals surface area (Å²) in [4.78, 5) is 0. The first-order valence-electron chi connectivity index (χ1n) is 6.56. The van der Waals surface area contributed by atoms with E-state index in [0.717, 1.165) is 11.5 Å². The van der Waals surface area contributed by atoms with Crippen molar-refractivity contribution in [3.05, 3.63) is 35.2 Å². The van der Waals surface area contributed by atoms with Crippen LogP contribution in [0.25, 0.3) is 5.69 Å². The Balaban J connectivity index is 2.09. The minimum atomic E-state index is 0.519. The molecule has 1 aromatic carbocycles. The van der Waals surface area contributed by atoms with Crippen molar-refractivity contribution >= 4 is 0 Å². The Kier molecular flexibility index (Phi) is 2.65. The summed E-state index contributed by atoms with van der Waals surface area (Å²) in [5.41, 5.74) is 3.66. The lowest BCUT2D eigenvalue weighted by molar-refractivity contribution is 0.754. The fourth-order valence-corrected chi connectivity index (χ4v) is 2.18. The number of hydrogen-bond donors (Lipinski definition) is 0. The summed E-state index contributed by atoms with van der Waals surface area (Å²) < 4.78 is 1.92. The van der Waals surface area contributed by atoms with Gasteiger partial charge in [0.05, 0.1) is 5.69 Å². The van der Waals surface area contributed by atoms with E-state index in [2.05, 4.69) is 54.5 Å². The Hall–Kier alpha value is -1.71. The van der Waals surface area contributed by atoms with Crippen LogP contribution in [0.4, 0.5) is 0 Å². The summed E-state index contributed by atoms with van der Waals surface area (Å²) >= 11 is 0. The van der Waals surface area contributed by atoms with Crippen LogP contribution in [0, 0.1) is 6.92 Å². The van der Waals surface area contributed by atoms with Crippen LogP contribution in [0.1, 0.15) is 55.5 Å². The largest absolute Gasteiger partial charge is 0.197 e. The molecule has 94 valence electrons. The van der Waals surface area contributed by atoms with E-state index in [0.29, 0.717) is 11.8 Å². The highest BCUT2D eigenvalue weighted by Gasteiger charge is 2.30. The highest BCUT2D eigenvalue weighted by Crippen LogP contribution is 2.39. The molecule has 1 fully saturated rings. The second-order valence-corrected chi connectivity index (χ2v) is 5.42. The van der Waals surface area contributed by atoms with Gasteiger partial charge in [0.25, 0.3) is 0 Å². The summed E-state index contributed by atoms with van der Waals surface area (Å²) in [7, 11) is 0. The number of aryl methyl sites for hydroxylation is 1. The Morgan fingerprint density at radius 2 is 2.06 bits per heavy atom. The van der Waals surface area contributed by atoms with Crippen molar-refractivity contribution in [3.8, 4) is 5.69 Å². The minimum absolute atomic E-state index is 0.519. The number of tetrazole rings is 1. The van der Waals surface area contributed by atoms with E-state index in [-0.39, 0.29) is 0 Å². The molecule has 1 aliphatic carbocycles. The molecular weight excluding hydrogens is 224 g/mol. The second kappa shape index (κ2) is 4.19. The lowest BCUT2D eigenvalue weighted by atomic mass is 10.0. The molecule has 3 rings (SSSR count). The maximum atomic E-state index is 4.17. The van der Waals surface area contributed by atoms with E-state index in [1.165, 1.54) is 24.0 Å². The van der Waals surface area contributed by atoms with Gasteiger partial charge in [0.1, 0.15) is 0 Å². The zero-order valence-corrected chi connectivity index (χ0v) is 11.1. The molecule has 0 saturated heterocycles. The third-order valence-corrected chi connectivity index (χ3v) is 3.56. The fourth-order valence-electron chi connectivity index (χ4n) is 2.18. The van der Waals surface area contributed by atoms with Crippen LogP contribution in [-0.4, -0.2) is 20.2 Å². The van der Waals surface area contributed by atoms with Crippen LogP contribution in [0.3, 0.4) is 0 Å². The lowest BCUT2D eigenvalue weighted by Gasteiger charge is -2.12. The van der Waals surface area contributed by atoms with Gasteiger partial charge in [-0.15, -0.1) is 5.10 Å². The van der Waals surface area contributed by atoms with Gasteiger partial charge in [0.2, 0.25) is 0 Å². The first-order chi connectivity index (χ1) is 8.66. The molecule has 0 N–H and O–H groups in total. The highest BCUT2D eigenvalue weighted by atomic mass is 15.5. The average Bonchev–Trinajstić information content (AvgIpc) is 3.08. The summed E-state index contributed by atoms with van der Waals surface area (Å²) in [6.45, 7) is 6.52. The molecule has 0 aliphatic heterocycles. The molecule has 18 heavy (non-hydrogen) atoms. The van der Waals surface area contributed by atoms with Crippen LogP contribution in [0.15, 0.2) is 18.2 Å². The Morgan fingerprint density at radius 3 is 2.72 bits per heavy atom. The number of nitrogens with zero attached hydrogens (tertiary/aromatic N) is 4. The molecular formula is C14H18N4. The Bertz CT molecular complexity index is 567. The van der Waals surface area contributed by atoms with Gasteiger partial charge in [-0.25, -0.2) is 0 Å². The van der Waals surface area contributed by atoms with Crippen LogP contribution in [0.2, 0.25) is 0 Å². The predicted octanol–water partition coefficient (Wildman–Crippen LogP) is 2.97. The number of aromatic nitrogens is 4. The van der Waals surface area contributed by atoms with Crippen LogP contribution in [-0.2, 0) is 0 Å². The molecule has 0 spiro atoms. The SMILES string of the molecule is Cc1ccc(C(C)C)cc1-n1nnnc1C1CC1. The van der Waals surface area contributed by atoms with E-state index in [4.69, 9.17) is 0 Å². The van der Waals surface area contributed by atoms with Crippen LogP contribution >= 0.6 is 0 Å². The normalized spacial score (nSPS) is 15.3. The van der Waals surface area contributed by atoms with E-state index >= 15 is 0 Å². The van der Waals surface area contributed by atoms with Crippen molar-refractivity contribution in [1.82, 2.24) is 20.2 Å². The van der Waals surface area contributed by atoms with Gasteiger partial charge in [-0.3, -0.25) is 0 Å². The first-order valence-corrected chi connectivity index (χ1v) is 6.56. The molecule has 1 saturated carbocycles. The highest BCUT2D eigenvalue weighted by molar-refractivity contribution is 5.44. The quantitative estimate of drug-likeness (QED) is 0.831. The number of rotatable bonds is 3. The molecule has 0 radical (unpaired) electrons. The lowest BCUT2D eigenvalue weighted by Crippen LogP contribution is -2.05. The summed E-state index contributed by atoms with van der Waals surface area (Å²) in [5.74, 6) is 2.09. The maximum Gasteiger partial charge on any atom is 0.159 e. The monoisotopic (exact) mass is 242 g/mol. The van der Waals surface area contributed by atoms with Crippen molar-refractivity contribution in [3.63, 3.8) is 0 Å². The second-order valence-electron chi connectivity index (χ2n) is 5.42. The van der Waals surface area contributed by atoms with E-state index in [9.17, 15) is 0 Å². The standard InChI is InChI=1S/C14H18N4/c1-9(2)12-5-4-10(3)13(8-12)18-14(11-6-7-11)15-16-17-18/h4-5,8-9,11H,6-7H2,1-3H3. The molecule has 1 aromatic heterocycles. The predicted molar refractivity (Wildman–Crippen MR) is 70.0 cm³/mol. The Labute approximate surface area is 107 Å². The van der Waals surface area contributed by atoms with Gasteiger partial charge in [0, 0.05) is 5.92 Å². The topological polar surface area (TPSA) is 43.6 Å². The van der Waals surface area contributed by atoms with Crippen molar-refractivity contribution < 1.29 is 0 Å². The molecule has 0 bridgehead atoms. The van der Waals surface area contributed by atoms with Gasteiger partial charge < -0.3 is 0 Å². The number of benzene rings is 1. The molecule has 0 atom stereocenters. The third kappa shape index (κ3) is 1.92. The molecule has 0 unspecified atom stereocenters. The number of hydrogen-bond acceptors (Lipinski definition) is 3. The summed E-state index contributed by atoms with van der Waals surface area (Å²) in [5, 5.41) is 12.2. The third-order valence-electron chi connectivity index (χ3n) is 3.56. The van der Waals surface area contributed by atoms with Gasteiger partial charge in [-0.2, -0.15) is 4.68 Å². The molecule has 2 aromatic rings. The zero-order valence-electron chi connectivity index (χ0n) is 11.1. The van der Waals surface area contributed by atoms with Crippen molar-refractivity contribution in [2.24, 2.45) is 0 Å². The van der Waals surface area contributed by atoms with Crippen molar-refractivity contribution in [2.45, 2.75) is 45.4 Å². The van der Waals surface area contributed by atoms with Gasteiger partial charge in [-0.1, -0.05) is 26.0 Å². The summed E-state index contributed by atoms with van der Waals surface area (Å²) in [6.07, 6.45) is 2.42. The van der Waals surface area contributed by atoms with Gasteiger partial charge in [0.15, 0.2) is 5.82 Å². The average molecular weight is 242 g/mol. The Morgan fingerprint density at radius 1 is 1.28 bits per heavy atom. The summed E-state index contributed by atoms with van der Waals surface area (Å²) in [6, 6.07) is 6.55. The van der Waals surface area contributed by atoms with Crippen molar-refractivity contribution in [1.29, 1.82) is 0 Å². The molecule has 0 amide bonds.